The zero-order valence-electron chi connectivity index (χ0n) is 16.0. The summed E-state index contributed by atoms with van der Waals surface area (Å²) in [4.78, 5) is 17.6. The van der Waals surface area contributed by atoms with Gasteiger partial charge in [-0.1, -0.05) is 41.4 Å². The number of phenolic OH excluding ortho intramolecular Hbond substituents is 1. The number of carbonyl (C=O) groups is 1. The van der Waals surface area contributed by atoms with Crippen LogP contribution in [-0.2, 0) is 9.53 Å². The molecular formula is C22H20Cl2N2O4. The second-order valence-corrected chi connectivity index (χ2v) is 7.93. The first-order chi connectivity index (χ1) is 14.4. The largest absolute Gasteiger partial charge is 0.508 e. The molecule has 1 aliphatic heterocycles. The van der Waals surface area contributed by atoms with Crippen molar-refractivity contribution in [3.63, 3.8) is 0 Å². The maximum absolute atomic E-state index is 10.8. The highest BCUT2D eigenvalue weighted by molar-refractivity contribution is 6.45. The Kier molecular flexibility index (Phi) is 5.99. The van der Waals surface area contributed by atoms with Crippen molar-refractivity contribution < 1.29 is 19.7 Å². The van der Waals surface area contributed by atoms with Crippen LogP contribution < -0.4 is 4.90 Å². The van der Waals surface area contributed by atoms with E-state index in [1.165, 1.54) is 0 Å². The van der Waals surface area contributed by atoms with Gasteiger partial charge in [0.15, 0.2) is 0 Å². The summed E-state index contributed by atoms with van der Waals surface area (Å²) >= 11 is 12.7. The third-order valence-corrected chi connectivity index (χ3v) is 5.93. The molecule has 156 valence electrons. The number of aliphatic carboxylic acids is 1. The van der Waals surface area contributed by atoms with Gasteiger partial charge < -0.3 is 19.8 Å². The highest BCUT2D eigenvalue weighted by atomic mass is 35.5. The summed E-state index contributed by atoms with van der Waals surface area (Å²) in [5, 5.41) is 20.4. The van der Waals surface area contributed by atoms with Gasteiger partial charge in [-0.25, -0.2) is 4.98 Å². The number of hydrogen-bond acceptors (Lipinski definition) is 5. The Bertz CT molecular complexity index is 1110. The monoisotopic (exact) mass is 446 g/mol. The molecule has 0 saturated carbocycles. The number of anilines is 1. The summed E-state index contributed by atoms with van der Waals surface area (Å²) in [5.41, 5.74) is 2.25. The number of aromatic nitrogens is 1. The number of ether oxygens (including phenoxy) is 1. The van der Waals surface area contributed by atoms with Crippen molar-refractivity contribution in [3.05, 3.63) is 52.5 Å². The number of carboxylic acids is 1. The molecule has 2 aromatic carbocycles. The molecular weight excluding hydrogens is 427 g/mol. The number of carboxylic acid groups (broad SMARTS) is 1. The highest BCUT2D eigenvalue weighted by Gasteiger charge is 2.28. The summed E-state index contributed by atoms with van der Waals surface area (Å²) in [6, 6.07) is 12.5. The van der Waals surface area contributed by atoms with Crippen molar-refractivity contribution in [2.75, 3.05) is 18.1 Å². The number of hydrogen-bond donors (Lipinski definition) is 2. The average molecular weight is 447 g/mol. The van der Waals surface area contributed by atoms with E-state index >= 15 is 0 Å². The Balaban J connectivity index is 1.80. The van der Waals surface area contributed by atoms with E-state index in [9.17, 15) is 9.90 Å². The molecule has 0 aliphatic carbocycles. The molecule has 8 heteroatoms. The van der Waals surface area contributed by atoms with Crippen molar-refractivity contribution in [2.24, 2.45) is 0 Å². The zero-order valence-corrected chi connectivity index (χ0v) is 17.5. The van der Waals surface area contributed by atoms with Gasteiger partial charge in [-0.3, -0.25) is 4.79 Å². The van der Waals surface area contributed by atoms with E-state index in [0.717, 1.165) is 35.9 Å². The first-order valence-corrected chi connectivity index (χ1v) is 10.4. The highest BCUT2D eigenvalue weighted by Crippen LogP contribution is 2.39. The van der Waals surface area contributed by atoms with E-state index in [-0.39, 0.29) is 25.0 Å². The third kappa shape index (κ3) is 4.17. The van der Waals surface area contributed by atoms with Gasteiger partial charge in [-0.05, 0) is 48.2 Å². The van der Waals surface area contributed by atoms with Crippen molar-refractivity contribution >= 4 is 45.9 Å². The zero-order chi connectivity index (χ0) is 21.3. The van der Waals surface area contributed by atoms with Gasteiger partial charge in [0.25, 0.3) is 0 Å². The second kappa shape index (κ2) is 8.68. The van der Waals surface area contributed by atoms with E-state index < -0.39 is 5.97 Å². The normalized spacial score (nSPS) is 16.3. The minimum Gasteiger partial charge on any atom is -0.508 e. The van der Waals surface area contributed by atoms with Crippen molar-refractivity contribution in [2.45, 2.75) is 25.5 Å². The molecule has 0 amide bonds. The lowest BCUT2D eigenvalue weighted by Crippen LogP contribution is -2.33. The Morgan fingerprint density at radius 3 is 2.83 bits per heavy atom. The molecule has 30 heavy (non-hydrogen) atoms. The van der Waals surface area contributed by atoms with Crippen LogP contribution in [0.25, 0.3) is 22.0 Å². The van der Waals surface area contributed by atoms with Crippen molar-refractivity contribution in [1.82, 2.24) is 4.98 Å². The number of halogens is 2. The molecule has 1 atom stereocenters. The van der Waals surface area contributed by atoms with Crippen LogP contribution in [0.2, 0.25) is 10.0 Å². The minimum absolute atomic E-state index is 0.0501. The molecule has 6 nitrogen and oxygen atoms in total. The van der Waals surface area contributed by atoms with Crippen LogP contribution in [0.1, 0.15) is 19.3 Å². The molecule has 1 aliphatic rings. The van der Waals surface area contributed by atoms with Crippen molar-refractivity contribution in [3.8, 4) is 16.9 Å². The maximum atomic E-state index is 10.8. The van der Waals surface area contributed by atoms with E-state index in [4.69, 9.17) is 38.0 Å². The lowest BCUT2D eigenvalue weighted by Gasteiger charge is -2.27. The molecule has 2 N–H and O–H groups in total. The van der Waals surface area contributed by atoms with Crippen LogP contribution in [0.4, 0.5) is 5.82 Å². The fourth-order valence-electron chi connectivity index (χ4n) is 3.73. The Morgan fingerprint density at radius 2 is 2.07 bits per heavy atom. The number of fused-ring (bicyclic) bond motifs is 1. The lowest BCUT2D eigenvalue weighted by molar-refractivity contribution is -0.138. The number of phenols is 1. The fourth-order valence-corrected chi connectivity index (χ4v) is 4.09. The first-order valence-electron chi connectivity index (χ1n) is 9.62. The summed E-state index contributed by atoms with van der Waals surface area (Å²) in [7, 11) is 0. The summed E-state index contributed by atoms with van der Waals surface area (Å²) in [5.74, 6) is -0.0612. The average Bonchev–Trinajstić information content (AvgIpc) is 3.18. The minimum atomic E-state index is -0.893. The van der Waals surface area contributed by atoms with Crippen LogP contribution in [0, 0.1) is 0 Å². The van der Waals surface area contributed by atoms with Crippen molar-refractivity contribution in [1.29, 1.82) is 0 Å². The van der Waals surface area contributed by atoms with E-state index in [0.29, 0.717) is 21.4 Å². The van der Waals surface area contributed by atoms with Crippen LogP contribution in [0.5, 0.6) is 5.75 Å². The summed E-state index contributed by atoms with van der Waals surface area (Å²) < 4.78 is 5.82. The molecule has 1 aromatic heterocycles. The Labute approximate surface area is 183 Å². The molecule has 2 heterocycles. The number of benzene rings is 2. The second-order valence-electron chi connectivity index (χ2n) is 7.14. The molecule has 0 bridgehead atoms. The van der Waals surface area contributed by atoms with Gasteiger partial charge in [-0.2, -0.15) is 0 Å². The predicted molar refractivity (Wildman–Crippen MR) is 117 cm³/mol. The smallest absolute Gasteiger partial charge is 0.305 e. The number of aromatic hydroxyl groups is 1. The summed E-state index contributed by atoms with van der Waals surface area (Å²) in [6.45, 7) is 0.865. The molecule has 1 fully saturated rings. The quantitative estimate of drug-likeness (QED) is 0.532. The fraction of sp³-hybridized carbons (Fsp3) is 0.273. The van der Waals surface area contributed by atoms with Gasteiger partial charge in [0.1, 0.15) is 17.8 Å². The van der Waals surface area contributed by atoms with E-state index in [2.05, 4.69) is 0 Å². The predicted octanol–water partition coefficient (Wildman–Crippen LogP) is 5.33. The molecule has 4 rings (SSSR count). The summed E-state index contributed by atoms with van der Waals surface area (Å²) in [6.07, 6.45) is 1.38. The number of pyridine rings is 1. The first kappa shape index (κ1) is 20.7. The number of nitrogens with zero attached hydrogens (tertiary/aromatic N) is 2. The maximum Gasteiger partial charge on any atom is 0.305 e. The van der Waals surface area contributed by atoms with Crippen LogP contribution in [0.3, 0.4) is 0 Å². The van der Waals surface area contributed by atoms with Gasteiger partial charge >= 0.3 is 5.97 Å². The standard InChI is InChI=1S/C22H20Cl2N2O4/c23-17-7-6-15-16(13-3-1-4-14(27)11-13)12-18(25-22(15)21(17)24)26-9-2-5-19(26)30-10-8-20(28)29/h1,3-4,6-7,11-12,19,27H,2,5,8-10H2,(H,28,29). The molecule has 1 unspecified atom stereocenters. The molecule has 0 radical (unpaired) electrons. The van der Waals surface area contributed by atoms with Crippen LogP contribution >= 0.6 is 23.2 Å². The van der Waals surface area contributed by atoms with E-state index in [1.807, 2.05) is 23.1 Å². The van der Waals surface area contributed by atoms with Gasteiger partial charge in [0, 0.05) is 11.9 Å². The Hall–Kier alpha value is -2.54. The van der Waals surface area contributed by atoms with Crippen LogP contribution in [-0.4, -0.2) is 40.5 Å². The van der Waals surface area contributed by atoms with Gasteiger partial charge in [0.05, 0.1) is 28.6 Å². The van der Waals surface area contributed by atoms with Gasteiger partial charge in [-0.15, -0.1) is 0 Å². The molecule has 1 saturated heterocycles. The third-order valence-electron chi connectivity index (χ3n) is 5.13. The molecule has 0 spiro atoms. The SMILES string of the molecule is O=C(O)CCOC1CCCN1c1cc(-c2cccc(O)c2)c2ccc(Cl)c(Cl)c2n1. The van der Waals surface area contributed by atoms with Crippen LogP contribution in [0.15, 0.2) is 42.5 Å². The lowest BCUT2D eigenvalue weighted by atomic mass is 10.0. The van der Waals surface area contributed by atoms with Gasteiger partial charge in [0.2, 0.25) is 0 Å². The Morgan fingerprint density at radius 1 is 1.23 bits per heavy atom. The topological polar surface area (TPSA) is 82.9 Å². The van der Waals surface area contributed by atoms with E-state index in [1.54, 1.807) is 24.3 Å². The number of rotatable bonds is 6. The molecule has 3 aromatic rings.